The monoisotopic (exact) mass is 204 g/mol. The van der Waals surface area contributed by atoms with Crippen LogP contribution in [0.25, 0.3) is 0 Å². The Hall–Kier alpha value is -0.820. The lowest BCUT2D eigenvalue weighted by molar-refractivity contribution is 0.0517. The number of ether oxygens (including phenoxy) is 1. The lowest BCUT2D eigenvalue weighted by atomic mass is 9.80. The third-order valence-corrected chi connectivity index (χ3v) is 3.41. The summed E-state index contributed by atoms with van der Waals surface area (Å²) in [4.78, 5) is 0. The molecule has 1 aliphatic carbocycles. The van der Waals surface area contributed by atoms with Crippen molar-refractivity contribution in [2.45, 2.75) is 45.1 Å². The van der Waals surface area contributed by atoms with Crippen LogP contribution in [-0.2, 0) is 11.2 Å². The fraction of sp³-hybridized carbons (Fsp3) is 0.571. The largest absolute Gasteiger partial charge is 0.378 e. The van der Waals surface area contributed by atoms with Gasteiger partial charge in [0.25, 0.3) is 0 Å². The summed E-state index contributed by atoms with van der Waals surface area (Å²) in [7, 11) is 0. The van der Waals surface area contributed by atoms with Crippen LogP contribution in [0.4, 0.5) is 0 Å². The number of hydrogen-bond donors (Lipinski definition) is 0. The molecule has 0 spiro atoms. The van der Waals surface area contributed by atoms with E-state index in [-0.39, 0.29) is 0 Å². The van der Waals surface area contributed by atoms with Crippen LogP contribution < -0.4 is 0 Å². The summed E-state index contributed by atoms with van der Waals surface area (Å²) in [6.07, 6.45) is 4.18. The Balaban J connectivity index is 2.21. The van der Waals surface area contributed by atoms with Gasteiger partial charge in [-0.2, -0.15) is 0 Å². The summed E-state index contributed by atoms with van der Waals surface area (Å²) >= 11 is 0. The van der Waals surface area contributed by atoms with Gasteiger partial charge in [0.2, 0.25) is 0 Å². The molecule has 1 heteroatoms. The third-order valence-electron chi connectivity index (χ3n) is 3.41. The minimum atomic E-state index is 0.358. The van der Waals surface area contributed by atoms with Gasteiger partial charge in [-0.3, -0.25) is 0 Å². The van der Waals surface area contributed by atoms with Crippen molar-refractivity contribution in [1.29, 1.82) is 0 Å². The summed E-state index contributed by atoms with van der Waals surface area (Å²) in [5.74, 6) is 0.606. The molecule has 0 aromatic heterocycles. The topological polar surface area (TPSA) is 9.23 Å². The number of fused-ring (bicyclic) bond motifs is 1. The van der Waals surface area contributed by atoms with Gasteiger partial charge in [0.1, 0.15) is 0 Å². The molecule has 0 radical (unpaired) electrons. The van der Waals surface area contributed by atoms with Crippen molar-refractivity contribution >= 4 is 0 Å². The SMILES string of the molecule is CCOC(C)C1CCCc2ccccc21. The van der Waals surface area contributed by atoms with Gasteiger partial charge in [-0.15, -0.1) is 0 Å². The molecule has 1 nitrogen and oxygen atoms in total. The zero-order valence-corrected chi connectivity index (χ0v) is 9.70. The molecule has 1 aliphatic rings. The fourth-order valence-corrected chi connectivity index (χ4v) is 2.66. The lowest BCUT2D eigenvalue weighted by Crippen LogP contribution is -2.23. The number of hydrogen-bond acceptors (Lipinski definition) is 1. The second kappa shape index (κ2) is 4.80. The zero-order valence-electron chi connectivity index (χ0n) is 9.70. The molecule has 0 saturated carbocycles. The molecule has 0 saturated heterocycles. The molecule has 0 heterocycles. The van der Waals surface area contributed by atoms with E-state index in [9.17, 15) is 0 Å². The normalized spacial score (nSPS) is 22.1. The minimum Gasteiger partial charge on any atom is -0.378 e. The first-order valence-corrected chi connectivity index (χ1v) is 6.02. The summed E-state index contributed by atoms with van der Waals surface area (Å²) in [5, 5.41) is 0. The molecule has 0 N–H and O–H groups in total. The molecule has 2 unspecified atom stereocenters. The maximum absolute atomic E-state index is 5.74. The van der Waals surface area contributed by atoms with Gasteiger partial charge < -0.3 is 4.74 Å². The van der Waals surface area contributed by atoms with Crippen LogP contribution in [0.5, 0.6) is 0 Å². The summed E-state index contributed by atoms with van der Waals surface area (Å²) in [6, 6.07) is 8.83. The first kappa shape index (κ1) is 10.7. The molecule has 2 rings (SSSR count). The van der Waals surface area contributed by atoms with E-state index in [1.807, 2.05) is 0 Å². The van der Waals surface area contributed by atoms with Crippen LogP contribution >= 0.6 is 0 Å². The standard InChI is InChI=1S/C14H20O/c1-3-15-11(2)13-10-6-8-12-7-4-5-9-14(12)13/h4-5,7,9,11,13H,3,6,8,10H2,1-2H3. The Kier molecular flexibility index (Phi) is 3.42. The van der Waals surface area contributed by atoms with E-state index in [1.165, 1.54) is 30.4 Å². The highest BCUT2D eigenvalue weighted by molar-refractivity contribution is 5.33. The highest BCUT2D eigenvalue weighted by Crippen LogP contribution is 2.34. The van der Waals surface area contributed by atoms with Gasteiger partial charge in [-0.1, -0.05) is 24.3 Å². The van der Waals surface area contributed by atoms with Crippen molar-refractivity contribution in [3.8, 4) is 0 Å². The predicted octanol–water partition coefficient (Wildman–Crippen LogP) is 3.53. The van der Waals surface area contributed by atoms with E-state index in [0.29, 0.717) is 12.0 Å². The predicted molar refractivity (Wildman–Crippen MR) is 63.2 cm³/mol. The second-order valence-corrected chi connectivity index (χ2v) is 4.36. The maximum atomic E-state index is 5.74. The molecular formula is C14H20O. The average molecular weight is 204 g/mol. The Morgan fingerprint density at radius 2 is 2.20 bits per heavy atom. The number of rotatable bonds is 3. The van der Waals surface area contributed by atoms with E-state index in [1.54, 1.807) is 0 Å². The van der Waals surface area contributed by atoms with Crippen molar-refractivity contribution in [2.75, 3.05) is 6.61 Å². The molecule has 1 aromatic carbocycles. The molecule has 0 bridgehead atoms. The number of benzene rings is 1. The molecule has 0 fully saturated rings. The van der Waals surface area contributed by atoms with Gasteiger partial charge in [-0.25, -0.2) is 0 Å². The molecule has 1 aromatic rings. The van der Waals surface area contributed by atoms with Gasteiger partial charge in [0.05, 0.1) is 6.10 Å². The van der Waals surface area contributed by atoms with Crippen LogP contribution in [0.3, 0.4) is 0 Å². The summed E-state index contributed by atoms with van der Waals surface area (Å²) < 4.78 is 5.74. The van der Waals surface area contributed by atoms with Gasteiger partial charge >= 0.3 is 0 Å². The van der Waals surface area contributed by atoms with E-state index in [2.05, 4.69) is 38.1 Å². The van der Waals surface area contributed by atoms with Gasteiger partial charge in [-0.05, 0) is 44.2 Å². The highest BCUT2D eigenvalue weighted by atomic mass is 16.5. The Morgan fingerprint density at radius 3 is 3.00 bits per heavy atom. The Labute approximate surface area is 92.5 Å². The minimum absolute atomic E-state index is 0.358. The van der Waals surface area contributed by atoms with E-state index in [0.717, 1.165) is 6.61 Å². The van der Waals surface area contributed by atoms with Crippen molar-refractivity contribution < 1.29 is 4.74 Å². The first-order valence-electron chi connectivity index (χ1n) is 6.02. The third kappa shape index (κ3) is 2.23. The maximum Gasteiger partial charge on any atom is 0.0615 e. The lowest BCUT2D eigenvalue weighted by Gasteiger charge is -2.30. The van der Waals surface area contributed by atoms with Gasteiger partial charge in [0.15, 0.2) is 0 Å². The Bertz CT molecular complexity index is 319. The van der Waals surface area contributed by atoms with Crippen molar-refractivity contribution in [3.05, 3.63) is 35.4 Å². The van der Waals surface area contributed by atoms with Crippen LogP contribution in [0.1, 0.15) is 43.7 Å². The fourth-order valence-electron chi connectivity index (χ4n) is 2.66. The van der Waals surface area contributed by atoms with Crippen molar-refractivity contribution in [2.24, 2.45) is 0 Å². The molecule has 15 heavy (non-hydrogen) atoms. The Morgan fingerprint density at radius 1 is 1.40 bits per heavy atom. The van der Waals surface area contributed by atoms with Crippen LogP contribution in [0.2, 0.25) is 0 Å². The molecular weight excluding hydrogens is 184 g/mol. The molecule has 0 amide bonds. The number of aryl methyl sites for hydroxylation is 1. The van der Waals surface area contributed by atoms with Crippen molar-refractivity contribution in [3.63, 3.8) is 0 Å². The summed E-state index contributed by atoms with van der Waals surface area (Å²) in [6.45, 7) is 5.10. The van der Waals surface area contributed by atoms with Crippen LogP contribution in [0.15, 0.2) is 24.3 Å². The molecule has 2 atom stereocenters. The van der Waals surface area contributed by atoms with E-state index >= 15 is 0 Å². The zero-order chi connectivity index (χ0) is 10.7. The van der Waals surface area contributed by atoms with E-state index < -0.39 is 0 Å². The molecule has 0 aliphatic heterocycles. The summed E-state index contributed by atoms with van der Waals surface area (Å²) in [5.41, 5.74) is 3.05. The molecule has 82 valence electrons. The first-order chi connectivity index (χ1) is 7.33. The van der Waals surface area contributed by atoms with E-state index in [4.69, 9.17) is 4.74 Å². The van der Waals surface area contributed by atoms with Crippen LogP contribution in [0, 0.1) is 0 Å². The smallest absolute Gasteiger partial charge is 0.0615 e. The average Bonchev–Trinajstić information content (AvgIpc) is 2.28. The van der Waals surface area contributed by atoms with Crippen molar-refractivity contribution in [1.82, 2.24) is 0 Å². The van der Waals surface area contributed by atoms with Gasteiger partial charge in [0, 0.05) is 12.5 Å². The highest BCUT2D eigenvalue weighted by Gasteiger charge is 2.24. The second-order valence-electron chi connectivity index (χ2n) is 4.36. The van der Waals surface area contributed by atoms with Crippen LogP contribution in [-0.4, -0.2) is 12.7 Å². The quantitative estimate of drug-likeness (QED) is 0.732.